The standard InChI is InChI=1S/C14H18ClNO2/c1-3-4-5-13(14(17)18-2)16-10-11-6-8-12(15)9-7-11/h6-10,13H,3-5H2,1-2H3. The average Bonchev–Trinajstić information content (AvgIpc) is 2.40. The number of carbonyl (C=O) groups excluding carboxylic acids is 1. The summed E-state index contributed by atoms with van der Waals surface area (Å²) in [5.41, 5.74) is 0.921. The number of benzene rings is 1. The van der Waals surface area contributed by atoms with Gasteiger partial charge in [0.05, 0.1) is 7.11 Å². The van der Waals surface area contributed by atoms with Gasteiger partial charge in [0.1, 0.15) is 6.04 Å². The molecule has 4 heteroatoms. The van der Waals surface area contributed by atoms with E-state index in [1.807, 2.05) is 12.1 Å². The van der Waals surface area contributed by atoms with Crippen LogP contribution < -0.4 is 0 Å². The van der Waals surface area contributed by atoms with Crippen LogP contribution in [0, 0.1) is 0 Å². The van der Waals surface area contributed by atoms with E-state index in [0.717, 1.165) is 18.4 Å². The summed E-state index contributed by atoms with van der Waals surface area (Å²) in [6, 6.07) is 6.90. The van der Waals surface area contributed by atoms with E-state index in [0.29, 0.717) is 11.4 Å². The van der Waals surface area contributed by atoms with Gasteiger partial charge in [0.25, 0.3) is 0 Å². The Balaban J connectivity index is 2.69. The summed E-state index contributed by atoms with van der Waals surface area (Å²) in [6.07, 6.45) is 4.39. The molecule has 3 nitrogen and oxygen atoms in total. The molecule has 0 aliphatic carbocycles. The molecule has 0 spiro atoms. The van der Waals surface area contributed by atoms with Crippen LogP contribution in [-0.4, -0.2) is 25.3 Å². The summed E-state index contributed by atoms with van der Waals surface area (Å²) in [5.74, 6) is -0.284. The van der Waals surface area contributed by atoms with E-state index >= 15 is 0 Å². The number of rotatable bonds is 6. The van der Waals surface area contributed by atoms with Crippen LogP contribution in [0.4, 0.5) is 0 Å². The fourth-order valence-electron chi connectivity index (χ4n) is 1.51. The Morgan fingerprint density at radius 1 is 1.44 bits per heavy atom. The van der Waals surface area contributed by atoms with E-state index in [1.165, 1.54) is 7.11 Å². The maximum Gasteiger partial charge on any atom is 0.330 e. The number of halogens is 1. The van der Waals surface area contributed by atoms with Crippen LogP contribution >= 0.6 is 11.6 Å². The van der Waals surface area contributed by atoms with E-state index in [9.17, 15) is 4.79 Å². The van der Waals surface area contributed by atoms with Crippen LogP contribution in [0.3, 0.4) is 0 Å². The van der Waals surface area contributed by atoms with Gasteiger partial charge in [-0.1, -0.05) is 43.5 Å². The first-order valence-corrected chi connectivity index (χ1v) is 6.41. The van der Waals surface area contributed by atoms with E-state index in [4.69, 9.17) is 16.3 Å². The summed E-state index contributed by atoms with van der Waals surface area (Å²) in [6.45, 7) is 2.08. The van der Waals surface area contributed by atoms with E-state index in [1.54, 1.807) is 18.3 Å². The third-order valence-electron chi connectivity index (χ3n) is 2.58. The number of nitrogens with zero attached hydrogens (tertiary/aromatic N) is 1. The molecule has 0 bridgehead atoms. The lowest BCUT2D eigenvalue weighted by atomic mass is 10.1. The second kappa shape index (κ2) is 7.88. The van der Waals surface area contributed by atoms with Gasteiger partial charge < -0.3 is 4.74 Å². The summed E-state index contributed by atoms with van der Waals surface area (Å²) < 4.78 is 4.74. The Kier molecular flexibility index (Phi) is 6.44. The number of carbonyl (C=O) groups is 1. The maximum absolute atomic E-state index is 11.5. The molecule has 0 saturated carbocycles. The van der Waals surface area contributed by atoms with Crippen LogP contribution in [-0.2, 0) is 9.53 Å². The molecule has 0 saturated heterocycles. The van der Waals surface area contributed by atoms with Crippen molar-refractivity contribution >= 4 is 23.8 Å². The number of hydrogen-bond donors (Lipinski definition) is 0. The van der Waals surface area contributed by atoms with Gasteiger partial charge in [-0.3, -0.25) is 4.99 Å². The van der Waals surface area contributed by atoms with Crippen molar-refractivity contribution in [1.29, 1.82) is 0 Å². The zero-order chi connectivity index (χ0) is 13.4. The second-order valence-electron chi connectivity index (χ2n) is 4.01. The highest BCUT2D eigenvalue weighted by Crippen LogP contribution is 2.10. The normalized spacial score (nSPS) is 12.6. The quantitative estimate of drug-likeness (QED) is 0.585. The van der Waals surface area contributed by atoms with Crippen molar-refractivity contribution in [3.63, 3.8) is 0 Å². The Hall–Kier alpha value is -1.35. The molecule has 0 amide bonds. The van der Waals surface area contributed by atoms with Gasteiger partial charge >= 0.3 is 5.97 Å². The second-order valence-corrected chi connectivity index (χ2v) is 4.45. The zero-order valence-electron chi connectivity index (χ0n) is 10.7. The molecule has 98 valence electrons. The summed E-state index contributed by atoms with van der Waals surface area (Å²) >= 11 is 5.80. The van der Waals surface area contributed by atoms with E-state index in [2.05, 4.69) is 11.9 Å². The largest absolute Gasteiger partial charge is 0.467 e. The molecule has 1 aromatic carbocycles. The molecule has 0 aliphatic heterocycles. The number of hydrogen-bond acceptors (Lipinski definition) is 3. The number of esters is 1. The third kappa shape index (κ3) is 4.88. The molecule has 0 N–H and O–H groups in total. The molecule has 1 atom stereocenters. The van der Waals surface area contributed by atoms with Gasteiger partial charge in [0, 0.05) is 11.2 Å². The smallest absolute Gasteiger partial charge is 0.330 e. The van der Waals surface area contributed by atoms with Crippen LogP contribution in [0.2, 0.25) is 5.02 Å². The molecule has 0 heterocycles. The Morgan fingerprint density at radius 2 is 2.11 bits per heavy atom. The number of unbranched alkanes of at least 4 members (excludes halogenated alkanes) is 1. The van der Waals surface area contributed by atoms with Gasteiger partial charge in [-0.05, 0) is 24.1 Å². The highest BCUT2D eigenvalue weighted by Gasteiger charge is 2.16. The van der Waals surface area contributed by atoms with Crippen LogP contribution in [0.15, 0.2) is 29.3 Å². The van der Waals surface area contributed by atoms with E-state index in [-0.39, 0.29) is 5.97 Å². The predicted molar refractivity (Wildman–Crippen MR) is 74.4 cm³/mol. The first-order valence-electron chi connectivity index (χ1n) is 6.04. The molecular formula is C14H18ClNO2. The van der Waals surface area contributed by atoms with Gasteiger partial charge in [0.15, 0.2) is 0 Å². The molecule has 18 heavy (non-hydrogen) atoms. The zero-order valence-corrected chi connectivity index (χ0v) is 11.5. The number of aliphatic imine (C=N–C) groups is 1. The molecule has 0 fully saturated rings. The van der Waals surface area contributed by atoms with Crippen molar-refractivity contribution < 1.29 is 9.53 Å². The lowest BCUT2D eigenvalue weighted by Gasteiger charge is -2.08. The SMILES string of the molecule is CCCCC(N=Cc1ccc(Cl)cc1)C(=O)OC. The van der Waals surface area contributed by atoms with Crippen LogP contribution in [0.25, 0.3) is 0 Å². The van der Waals surface area contributed by atoms with Crippen molar-refractivity contribution in [2.45, 2.75) is 32.2 Å². The van der Waals surface area contributed by atoms with Gasteiger partial charge in [0.2, 0.25) is 0 Å². The summed E-state index contributed by atoms with van der Waals surface area (Å²) in [7, 11) is 1.39. The molecular weight excluding hydrogens is 250 g/mol. The lowest BCUT2D eigenvalue weighted by Crippen LogP contribution is -2.20. The highest BCUT2D eigenvalue weighted by atomic mass is 35.5. The van der Waals surface area contributed by atoms with Crippen LogP contribution in [0.1, 0.15) is 31.7 Å². The molecule has 1 rings (SSSR count). The average molecular weight is 268 g/mol. The number of ether oxygens (including phenoxy) is 1. The summed E-state index contributed by atoms with van der Waals surface area (Å²) in [4.78, 5) is 15.8. The van der Waals surface area contributed by atoms with Gasteiger partial charge in [-0.2, -0.15) is 0 Å². The van der Waals surface area contributed by atoms with E-state index < -0.39 is 6.04 Å². The molecule has 0 aromatic heterocycles. The predicted octanol–water partition coefficient (Wildman–Crippen LogP) is 3.49. The van der Waals surface area contributed by atoms with Gasteiger partial charge in [-0.25, -0.2) is 4.79 Å². The molecule has 1 aromatic rings. The first-order chi connectivity index (χ1) is 8.67. The van der Waals surface area contributed by atoms with Crippen molar-refractivity contribution in [3.05, 3.63) is 34.9 Å². The topological polar surface area (TPSA) is 38.7 Å². The lowest BCUT2D eigenvalue weighted by molar-refractivity contribution is -0.142. The molecule has 0 radical (unpaired) electrons. The molecule has 1 unspecified atom stereocenters. The van der Waals surface area contributed by atoms with Crippen molar-refractivity contribution in [2.24, 2.45) is 4.99 Å². The minimum Gasteiger partial charge on any atom is -0.467 e. The fourth-order valence-corrected chi connectivity index (χ4v) is 1.64. The Bertz CT molecular complexity index is 401. The van der Waals surface area contributed by atoms with Gasteiger partial charge in [-0.15, -0.1) is 0 Å². The first kappa shape index (κ1) is 14.7. The minimum absolute atomic E-state index is 0.284. The minimum atomic E-state index is -0.411. The third-order valence-corrected chi connectivity index (χ3v) is 2.83. The van der Waals surface area contributed by atoms with Crippen molar-refractivity contribution in [1.82, 2.24) is 0 Å². The molecule has 0 aliphatic rings. The number of methoxy groups -OCH3 is 1. The maximum atomic E-state index is 11.5. The fraction of sp³-hybridized carbons (Fsp3) is 0.429. The Morgan fingerprint density at radius 3 is 2.67 bits per heavy atom. The monoisotopic (exact) mass is 267 g/mol. The van der Waals surface area contributed by atoms with Crippen molar-refractivity contribution in [2.75, 3.05) is 7.11 Å². The van der Waals surface area contributed by atoms with Crippen LogP contribution in [0.5, 0.6) is 0 Å². The van der Waals surface area contributed by atoms with Crippen molar-refractivity contribution in [3.8, 4) is 0 Å². The Labute approximate surface area is 113 Å². The summed E-state index contributed by atoms with van der Waals surface area (Å²) in [5, 5.41) is 0.683. The highest BCUT2D eigenvalue weighted by molar-refractivity contribution is 6.30.